The third kappa shape index (κ3) is 11.9. The second-order valence-corrected chi connectivity index (χ2v) is 3.19. The van der Waals surface area contributed by atoms with Crippen LogP contribution < -0.4 is 5.32 Å². The first kappa shape index (κ1) is 12.9. The zero-order valence-corrected chi connectivity index (χ0v) is 8.72. The first-order valence-corrected chi connectivity index (χ1v) is 5.31. The molecule has 0 spiro atoms. The van der Waals surface area contributed by atoms with Gasteiger partial charge in [-0.05, 0) is 19.4 Å². The van der Waals surface area contributed by atoms with E-state index >= 15 is 0 Å². The molecule has 0 atom stereocenters. The van der Waals surface area contributed by atoms with Gasteiger partial charge in [-0.2, -0.15) is 0 Å². The highest BCUT2D eigenvalue weighted by molar-refractivity contribution is 4.44. The van der Waals surface area contributed by atoms with Crippen LogP contribution in [0.1, 0.15) is 39.0 Å². The van der Waals surface area contributed by atoms with E-state index < -0.39 is 0 Å². The molecule has 0 bridgehead atoms. The minimum Gasteiger partial charge on any atom is -0.396 e. The lowest BCUT2D eigenvalue weighted by Crippen LogP contribution is -2.19. The van der Waals surface area contributed by atoms with E-state index in [1.54, 1.807) is 0 Å². The van der Waals surface area contributed by atoms with Crippen LogP contribution in [0.5, 0.6) is 0 Å². The van der Waals surface area contributed by atoms with Crippen LogP contribution in [-0.2, 0) is 4.74 Å². The molecule has 80 valence electrons. The molecule has 0 aromatic carbocycles. The average Bonchev–Trinajstić information content (AvgIpc) is 2.16. The summed E-state index contributed by atoms with van der Waals surface area (Å²) in [7, 11) is 0. The monoisotopic (exact) mass is 189 g/mol. The van der Waals surface area contributed by atoms with Crippen LogP contribution in [0.4, 0.5) is 0 Å². The van der Waals surface area contributed by atoms with Gasteiger partial charge in [0.15, 0.2) is 0 Å². The standard InChI is InChI=1S/C10H23NO2/c1-2-3-4-5-7-11-10-13-9-6-8-12/h11-12H,2-10H2,1H3. The number of nitrogens with one attached hydrogen (secondary N) is 1. The summed E-state index contributed by atoms with van der Waals surface area (Å²) in [4.78, 5) is 0. The largest absolute Gasteiger partial charge is 0.396 e. The van der Waals surface area contributed by atoms with Crippen molar-refractivity contribution >= 4 is 0 Å². The lowest BCUT2D eigenvalue weighted by molar-refractivity contribution is 0.101. The van der Waals surface area contributed by atoms with Crippen molar-refractivity contribution in [2.24, 2.45) is 0 Å². The third-order valence-corrected chi connectivity index (χ3v) is 1.86. The number of hydrogen-bond acceptors (Lipinski definition) is 3. The van der Waals surface area contributed by atoms with Gasteiger partial charge in [0.2, 0.25) is 0 Å². The fourth-order valence-electron chi connectivity index (χ4n) is 1.06. The quantitative estimate of drug-likeness (QED) is 0.404. The maximum absolute atomic E-state index is 8.47. The molecule has 0 aromatic heterocycles. The number of rotatable bonds is 10. The van der Waals surface area contributed by atoms with Gasteiger partial charge in [-0.1, -0.05) is 26.2 Å². The molecule has 0 aromatic rings. The molecule has 0 saturated carbocycles. The molecule has 3 nitrogen and oxygen atoms in total. The summed E-state index contributed by atoms with van der Waals surface area (Å²) in [5.41, 5.74) is 0. The Morgan fingerprint density at radius 1 is 1.15 bits per heavy atom. The Labute approximate surface area is 81.5 Å². The maximum atomic E-state index is 8.47. The molecule has 0 heterocycles. The van der Waals surface area contributed by atoms with Gasteiger partial charge in [-0.3, -0.25) is 5.32 Å². The average molecular weight is 189 g/mol. The summed E-state index contributed by atoms with van der Waals surface area (Å²) in [6.45, 7) is 4.74. The molecule has 13 heavy (non-hydrogen) atoms. The van der Waals surface area contributed by atoms with Crippen molar-refractivity contribution in [1.29, 1.82) is 0 Å². The second-order valence-electron chi connectivity index (χ2n) is 3.19. The van der Waals surface area contributed by atoms with E-state index in [9.17, 15) is 0 Å². The van der Waals surface area contributed by atoms with Gasteiger partial charge in [-0.15, -0.1) is 0 Å². The summed E-state index contributed by atoms with van der Waals surface area (Å²) in [5, 5.41) is 11.7. The van der Waals surface area contributed by atoms with Crippen LogP contribution in [0.15, 0.2) is 0 Å². The van der Waals surface area contributed by atoms with Crippen LogP contribution in [0.25, 0.3) is 0 Å². The number of ether oxygens (including phenoxy) is 1. The Morgan fingerprint density at radius 2 is 2.00 bits per heavy atom. The predicted octanol–water partition coefficient (Wildman–Crippen LogP) is 1.51. The zero-order chi connectivity index (χ0) is 9.78. The normalized spacial score (nSPS) is 10.6. The Hall–Kier alpha value is -0.120. The van der Waals surface area contributed by atoms with Crippen molar-refractivity contribution in [3.8, 4) is 0 Å². The fraction of sp³-hybridized carbons (Fsp3) is 1.00. The minimum atomic E-state index is 0.219. The van der Waals surface area contributed by atoms with Crippen LogP contribution in [-0.4, -0.2) is 31.6 Å². The maximum Gasteiger partial charge on any atom is 0.0965 e. The van der Waals surface area contributed by atoms with Gasteiger partial charge in [0, 0.05) is 6.61 Å². The van der Waals surface area contributed by atoms with Crippen molar-refractivity contribution in [1.82, 2.24) is 5.32 Å². The third-order valence-electron chi connectivity index (χ3n) is 1.86. The summed E-state index contributed by atoms with van der Waals surface area (Å²) in [5.74, 6) is 0. The molecule has 0 amide bonds. The highest BCUT2D eigenvalue weighted by atomic mass is 16.5. The van der Waals surface area contributed by atoms with E-state index in [-0.39, 0.29) is 6.61 Å². The Kier molecular flexibility index (Phi) is 11.8. The van der Waals surface area contributed by atoms with Gasteiger partial charge in [0.05, 0.1) is 13.3 Å². The number of hydrogen-bond donors (Lipinski definition) is 2. The van der Waals surface area contributed by atoms with Gasteiger partial charge in [0.1, 0.15) is 0 Å². The summed E-state index contributed by atoms with van der Waals surface area (Å²) in [6.07, 6.45) is 5.88. The van der Waals surface area contributed by atoms with Crippen molar-refractivity contribution in [2.45, 2.75) is 39.0 Å². The van der Waals surface area contributed by atoms with Crippen molar-refractivity contribution in [2.75, 3.05) is 26.5 Å². The molecule has 3 heteroatoms. The number of unbranched alkanes of at least 4 members (excludes halogenated alkanes) is 3. The topological polar surface area (TPSA) is 41.5 Å². The SMILES string of the molecule is CCCCCCNCOCCCO. The van der Waals surface area contributed by atoms with Crippen molar-refractivity contribution < 1.29 is 9.84 Å². The van der Waals surface area contributed by atoms with Crippen molar-refractivity contribution in [3.63, 3.8) is 0 Å². The minimum absolute atomic E-state index is 0.219. The summed E-state index contributed by atoms with van der Waals surface area (Å²) >= 11 is 0. The molecule has 0 saturated heterocycles. The van der Waals surface area contributed by atoms with E-state index in [0.29, 0.717) is 13.3 Å². The molecular weight excluding hydrogens is 166 g/mol. The first-order valence-electron chi connectivity index (χ1n) is 5.31. The van der Waals surface area contributed by atoms with E-state index in [0.717, 1.165) is 13.0 Å². The second kappa shape index (κ2) is 11.9. The van der Waals surface area contributed by atoms with Gasteiger partial charge >= 0.3 is 0 Å². The van der Waals surface area contributed by atoms with Crippen molar-refractivity contribution in [3.05, 3.63) is 0 Å². The predicted molar refractivity (Wildman–Crippen MR) is 54.7 cm³/mol. The smallest absolute Gasteiger partial charge is 0.0965 e. The summed E-state index contributed by atoms with van der Waals surface area (Å²) in [6, 6.07) is 0. The molecule has 0 radical (unpaired) electrons. The van der Waals surface area contributed by atoms with Gasteiger partial charge in [0.25, 0.3) is 0 Å². The molecule has 0 aliphatic carbocycles. The van der Waals surface area contributed by atoms with E-state index in [4.69, 9.17) is 9.84 Å². The molecule has 0 unspecified atom stereocenters. The molecule has 0 aliphatic rings. The van der Waals surface area contributed by atoms with Crippen LogP contribution in [0, 0.1) is 0 Å². The first-order chi connectivity index (χ1) is 6.41. The number of aliphatic hydroxyl groups is 1. The van der Waals surface area contributed by atoms with Gasteiger partial charge in [-0.25, -0.2) is 0 Å². The lowest BCUT2D eigenvalue weighted by atomic mass is 10.2. The Morgan fingerprint density at radius 3 is 2.69 bits per heavy atom. The molecule has 2 N–H and O–H groups in total. The van der Waals surface area contributed by atoms with Crippen LogP contribution in [0.2, 0.25) is 0 Å². The van der Waals surface area contributed by atoms with E-state index in [2.05, 4.69) is 12.2 Å². The van der Waals surface area contributed by atoms with Crippen LogP contribution >= 0.6 is 0 Å². The highest BCUT2D eigenvalue weighted by Gasteiger charge is 1.88. The summed E-state index contributed by atoms with van der Waals surface area (Å²) < 4.78 is 5.21. The van der Waals surface area contributed by atoms with E-state index in [1.165, 1.54) is 25.7 Å². The molecular formula is C10H23NO2. The van der Waals surface area contributed by atoms with E-state index in [1.807, 2.05) is 0 Å². The molecule has 0 aliphatic heterocycles. The fourth-order valence-corrected chi connectivity index (χ4v) is 1.06. The highest BCUT2D eigenvalue weighted by Crippen LogP contribution is 1.96. The van der Waals surface area contributed by atoms with Gasteiger partial charge < -0.3 is 9.84 Å². The molecule has 0 rings (SSSR count). The lowest BCUT2D eigenvalue weighted by Gasteiger charge is -2.04. The molecule has 0 fully saturated rings. The Bertz CT molecular complexity index is 79.0. The number of aliphatic hydroxyl groups excluding tert-OH is 1. The Balaban J connectivity index is 2.76. The van der Waals surface area contributed by atoms with Crippen LogP contribution in [0.3, 0.4) is 0 Å². The zero-order valence-electron chi connectivity index (χ0n) is 8.72.